The van der Waals surface area contributed by atoms with Crippen LogP contribution in [0.1, 0.15) is 36.1 Å². The van der Waals surface area contributed by atoms with Crippen LogP contribution in [-0.4, -0.2) is 33.4 Å². The van der Waals surface area contributed by atoms with Gasteiger partial charge >= 0.3 is 6.18 Å². The van der Waals surface area contributed by atoms with Gasteiger partial charge < -0.3 is 9.47 Å². The zero-order chi connectivity index (χ0) is 22.0. The second-order valence-electron chi connectivity index (χ2n) is 7.72. The Morgan fingerprint density at radius 1 is 1.03 bits per heavy atom. The van der Waals surface area contributed by atoms with E-state index in [1.165, 1.54) is 10.6 Å². The van der Waals surface area contributed by atoms with E-state index in [1.54, 1.807) is 4.90 Å². The second kappa shape index (κ2) is 8.53. The number of aryl methyl sites for hydroxylation is 1. The first-order valence-corrected chi connectivity index (χ1v) is 10.3. The molecule has 0 atom stereocenters. The molecule has 5 nitrogen and oxygen atoms in total. The highest BCUT2D eigenvalue weighted by molar-refractivity contribution is 5.78. The van der Waals surface area contributed by atoms with Crippen molar-refractivity contribution in [3.05, 3.63) is 75.7 Å². The van der Waals surface area contributed by atoms with Crippen molar-refractivity contribution in [2.24, 2.45) is 0 Å². The summed E-state index contributed by atoms with van der Waals surface area (Å²) in [6, 6.07) is 12.4. The standard InChI is InChI=1S/C23H22F3N3O2/c24-23(25,26)17-8-10-20-19(14-17)27-18(9-11-21(30)28-12-4-5-13-28)22(31)29(20)15-16-6-2-1-3-7-16/h1-3,6-8,10,14H,4-5,9,11-13,15H2. The Kier molecular flexibility index (Phi) is 5.80. The normalized spacial score (nSPS) is 14.4. The lowest BCUT2D eigenvalue weighted by molar-refractivity contribution is -0.137. The molecule has 2 heterocycles. The molecule has 1 aliphatic rings. The summed E-state index contributed by atoms with van der Waals surface area (Å²) in [4.78, 5) is 31.6. The maximum Gasteiger partial charge on any atom is 0.416 e. The molecule has 8 heteroatoms. The molecule has 0 saturated carbocycles. The van der Waals surface area contributed by atoms with Crippen LogP contribution in [0.4, 0.5) is 13.2 Å². The summed E-state index contributed by atoms with van der Waals surface area (Å²) in [7, 11) is 0. The second-order valence-corrected chi connectivity index (χ2v) is 7.72. The van der Waals surface area contributed by atoms with Crippen LogP contribution in [0.2, 0.25) is 0 Å². The molecule has 1 aliphatic heterocycles. The number of carbonyl (C=O) groups is 1. The van der Waals surface area contributed by atoms with Crippen LogP contribution in [0.25, 0.3) is 11.0 Å². The summed E-state index contributed by atoms with van der Waals surface area (Å²) in [5, 5.41) is 0. The van der Waals surface area contributed by atoms with E-state index in [0.717, 1.165) is 30.5 Å². The van der Waals surface area contributed by atoms with Crippen LogP contribution < -0.4 is 5.56 Å². The van der Waals surface area contributed by atoms with Crippen molar-refractivity contribution in [1.82, 2.24) is 14.5 Å². The van der Waals surface area contributed by atoms with Crippen LogP contribution in [0, 0.1) is 0 Å². The molecule has 0 unspecified atom stereocenters. The van der Waals surface area contributed by atoms with Crippen molar-refractivity contribution >= 4 is 16.9 Å². The highest BCUT2D eigenvalue weighted by Crippen LogP contribution is 2.31. The number of halogens is 3. The van der Waals surface area contributed by atoms with Gasteiger partial charge in [0, 0.05) is 25.9 Å². The quantitative estimate of drug-likeness (QED) is 0.616. The van der Waals surface area contributed by atoms with E-state index < -0.39 is 11.7 Å². The maximum atomic E-state index is 13.2. The average molecular weight is 429 g/mol. The Morgan fingerprint density at radius 3 is 2.42 bits per heavy atom. The Hall–Kier alpha value is -3.16. The first-order chi connectivity index (χ1) is 14.8. The first kappa shape index (κ1) is 21.1. The minimum Gasteiger partial charge on any atom is -0.343 e. The fourth-order valence-corrected chi connectivity index (χ4v) is 3.91. The van der Waals surface area contributed by atoms with Crippen molar-refractivity contribution in [1.29, 1.82) is 0 Å². The zero-order valence-corrected chi connectivity index (χ0v) is 16.9. The van der Waals surface area contributed by atoms with Crippen LogP contribution in [0.15, 0.2) is 53.3 Å². The minimum absolute atomic E-state index is 0.0579. The lowest BCUT2D eigenvalue weighted by atomic mass is 10.1. The van der Waals surface area contributed by atoms with E-state index in [2.05, 4.69) is 4.98 Å². The molecule has 0 aliphatic carbocycles. The van der Waals surface area contributed by atoms with E-state index in [-0.39, 0.29) is 42.1 Å². The van der Waals surface area contributed by atoms with Crippen molar-refractivity contribution in [3.8, 4) is 0 Å². The number of hydrogen-bond donors (Lipinski definition) is 0. The smallest absolute Gasteiger partial charge is 0.343 e. The molecule has 3 aromatic rings. The van der Waals surface area contributed by atoms with Gasteiger partial charge in [-0.1, -0.05) is 30.3 Å². The summed E-state index contributed by atoms with van der Waals surface area (Å²) in [6.45, 7) is 1.62. The van der Waals surface area contributed by atoms with E-state index in [4.69, 9.17) is 0 Å². The number of alkyl halides is 3. The van der Waals surface area contributed by atoms with Gasteiger partial charge in [-0.2, -0.15) is 13.2 Å². The van der Waals surface area contributed by atoms with Gasteiger partial charge in [0.2, 0.25) is 5.91 Å². The van der Waals surface area contributed by atoms with Gasteiger partial charge in [0.15, 0.2) is 0 Å². The third-order valence-electron chi connectivity index (χ3n) is 5.56. The summed E-state index contributed by atoms with van der Waals surface area (Å²) in [5.74, 6) is -0.0579. The SMILES string of the molecule is O=C(CCc1nc2cc(C(F)(F)F)ccc2n(Cc2ccccc2)c1=O)N1CCCC1. The molecule has 162 valence electrons. The van der Waals surface area contributed by atoms with E-state index in [0.29, 0.717) is 18.6 Å². The van der Waals surface area contributed by atoms with Crippen molar-refractivity contribution < 1.29 is 18.0 Å². The van der Waals surface area contributed by atoms with Crippen molar-refractivity contribution in [2.75, 3.05) is 13.1 Å². The first-order valence-electron chi connectivity index (χ1n) is 10.3. The molecule has 2 aromatic carbocycles. The highest BCUT2D eigenvalue weighted by Gasteiger charge is 2.31. The average Bonchev–Trinajstić information content (AvgIpc) is 3.29. The number of amides is 1. The highest BCUT2D eigenvalue weighted by atomic mass is 19.4. The van der Waals surface area contributed by atoms with Gasteiger partial charge in [0.1, 0.15) is 5.69 Å². The number of hydrogen-bond acceptors (Lipinski definition) is 3. The maximum absolute atomic E-state index is 13.2. The summed E-state index contributed by atoms with van der Waals surface area (Å²) in [5.41, 5.74) is 0.165. The molecule has 1 saturated heterocycles. The lowest BCUT2D eigenvalue weighted by Gasteiger charge is -2.16. The number of rotatable bonds is 5. The molecule has 4 rings (SSSR count). The van der Waals surface area contributed by atoms with E-state index >= 15 is 0 Å². The number of carbonyl (C=O) groups excluding carboxylic acids is 1. The fraction of sp³-hybridized carbons (Fsp3) is 0.348. The van der Waals surface area contributed by atoms with Gasteiger partial charge in [-0.3, -0.25) is 9.59 Å². The molecule has 1 amide bonds. The largest absolute Gasteiger partial charge is 0.416 e. The molecule has 0 radical (unpaired) electrons. The summed E-state index contributed by atoms with van der Waals surface area (Å²) in [6.07, 6.45) is -2.39. The minimum atomic E-state index is -4.51. The number of likely N-dealkylation sites (tertiary alicyclic amines) is 1. The third kappa shape index (κ3) is 4.62. The molecule has 0 N–H and O–H groups in total. The topological polar surface area (TPSA) is 55.2 Å². The zero-order valence-electron chi connectivity index (χ0n) is 16.9. The van der Waals surface area contributed by atoms with Gasteiger partial charge in [-0.25, -0.2) is 4.98 Å². The van der Waals surface area contributed by atoms with Gasteiger partial charge in [-0.15, -0.1) is 0 Å². The molecule has 0 spiro atoms. The lowest BCUT2D eigenvalue weighted by Crippen LogP contribution is -2.30. The predicted molar refractivity (Wildman–Crippen MR) is 111 cm³/mol. The molecular formula is C23H22F3N3O2. The Morgan fingerprint density at radius 2 is 1.74 bits per heavy atom. The Balaban J connectivity index is 1.74. The fourth-order valence-electron chi connectivity index (χ4n) is 3.91. The predicted octanol–water partition coefficient (Wildman–Crippen LogP) is 4.02. The monoisotopic (exact) mass is 429 g/mol. The van der Waals surface area contributed by atoms with Gasteiger partial charge in [-0.05, 0) is 36.6 Å². The summed E-state index contributed by atoms with van der Waals surface area (Å²) < 4.78 is 41.1. The van der Waals surface area contributed by atoms with Crippen molar-refractivity contribution in [3.63, 3.8) is 0 Å². The van der Waals surface area contributed by atoms with E-state index in [1.807, 2.05) is 30.3 Å². The van der Waals surface area contributed by atoms with Crippen molar-refractivity contribution in [2.45, 2.75) is 38.4 Å². The van der Waals surface area contributed by atoms with Gasteiger partial charge in [0.05, 0.1) is 23.1 Å². The molecule has 31 heavy (non-hydrogen) atoms. The number of fused-ring (bicyclic) bond motifs is 1. The van der Waals surface area contributed by atoms with Crippen LogP contribution in [0.3, 0.4) is 0 Å². The molecule has 1 fully saturated rings. The number of benzene rings is 2. The molecule has 1 aromatic heterocycles. The Bertz CT molecular complexity index is 1150. The van der Waals surface area contributed by atoms with Crippen LogP contribution in [-0.2, 0) is 23.9 Å². The van der Waals surface area contributed by atoms with Crippen LogP contribution in [0.5, 0.6) is 0 Å². The molecule has 0 bridgehead atoms. The third-order valence-corrected chi connectivity index (χ3v) is 5.56. The molecular weight excluding hydrogens is 407 g/mol. The number of aromatic nitrogens is 2. The number of nitrogens with zero attached hydrogens (tertiary/aromatic N) is 3. The van der Waals surface area contributed by atoms with E-state index in [9.17, 15) is 22.8 Å². The van der Waals surface area contributed by atoms with Gasteiger partial charge in [0.25, 0.3) is 5.56 Å². The Labute approximate surface area is 177 Å². The van der Waals surface area contributed by atoms with Crippen LogP contribution >= 0.6 is 0 Å². The summed E-state index contributed by atoms with van der Waals surface area (Å²) >= 11 is 0.